The van der Waals surface area contributed by atoms with Gasteiger partial charge >= 0.3 is 0 Å². The molecule has 19 heavy (non-hydrogen) atoms. The monoisotopic (exact) mass is 250 g/mol. The minimum absolute atomic E-state index is 0.0920. The van der Waals surface area contributed by atoms with Crippen molar-refractivity contribution in [3.63, 3.8) is 0 Å². The maximum Gasteiger partial charge on any atom is 0.193 e. The van der Waals surface area contributed by atoms with E-state index in [1.165, 1.54) is 0 Å². The van der Waals surface area contributed by atoms with Crippen molar-refractivity contribution in [3.05, 3.63) is 76.4 Å². The van der Waals surface area contributed by atoms with Crippen LogP contribution >= 0.6 is 0 Å². The minimum Gasteiger partial charge on any atom is -0.289 e. The van der Waals surface area contributed by atoms with Gasteiger partial charge in [0.1, 0.15) is 0 Å². The second kappa shape index (κ2) is 5.23. The van der Waals surface area contributed by atoms with Crippen LogP contribution in [0.3, 0.4) is 0 Å². The molecular formula is C18H18O. The fourth-order valence-electron chi connectivity index (χ4n) is 2.41. The highest BCUT2D eigenvalue weighted by Gasteiger charge is 2.16. The third-order valence-corrected chi connectivity index (χ3v) is 3.62. The second-order valence-corrected chi connectivity index (χ2v) is 4.81. The summed E-state index contributed by atoms with van der Waals surface area (Å²) >= 11 is 0. The fourth-order valence-corrected chi connectivity index (χ4v) is 2.41. The van der Waals surface area contributed by atoms with Crippen molar-refractivity contribution in [1.29, 1.82) is 0 Å². The molecule has 0 saturated heterocycles. The summed E-state index contributed by atoms with van der Waals surface area (Å²) in [6.07, 6.45) is 1.84. The van der Waals surface area contributed by atoms with Crippen LogP contribution in [0.25, 0.3) is 6.08 Å². The molecule has 0 N–H and O–H groups in total. The zero-order chi connectivity index (χ0) is 14.0. The Morgan fingerprint density at radius 1 is 1.05 bits per heavy atom. The highest BCUT2D eigenvalue weighted by atomic mass is 16.1. The molecule has 1 heteroatoms. The summed E-state index contributed by atoms with van der Waals surface area (Å²) in [6, 6.07) is 11.5. The van der Waals surface area contributed by atoms with Crippen molar-refractivity contribution in [3.8, 4) is 0 Å². The highest BCUT2D eigenvalue weighted by Crippen LogP contribution is 2.25. The van der Waals surface area contributed by atoms with Crippen molar-refractivity contribution in [2.75, 3.05) is 0 Å². The molecule has 0 radical (unpaired) electrons. The molecule has 2 aromatic rings. The SMILES string of the molecule is C=Cc1cc(C)c(C(=O)c2ccccc2)c(C)c1C. The summed E-state index contributed by atoms with van der Waals surface area (Å²) in [5.41, 5.74) is 5.82. The van der Waals surface area contributed by atoms with Crippen LogP contribution in [0.2, 0.25) is 0 Å². The van der Waals surface area contributed by atoms with Crippen molar-refractivity contribution < 1.29 is 4.79 Å². The average Bonchev–Trinajstić information content (AvgIpc) is 2.43. The van der Waals surface area contributed by atoms with Gasteiger partial charge < -0.3 is 0 Å². The van der Waals surface area contributed by atoms with Gasteiger partial charge in [-0.15, -0.1) is 0 Å². The lowest BCUT2D eigenvalue weighted by atomic mass is 9.89. The van der Waals surface area contributed by atoms with E-state index in [9.17, 15) is 4.79 Å². The average molecular weight is 250 g/mol. The van der Waals surface area contributed by atoms with Gasteiger partial charge in [0.05, 0.1) is 0 Å². The Morgan fingerprint density at radius 2 is 1.68 bits per heavy atom. The summed E-state index contributed by atoms with van der Waals surface area (Å²) in [4.78, 5) is 12.6. The molecule has 0 aliphatic heterocycles. The lowest BCUT2D eigenvalue weighted by Gasteiger charge is -2.14. The molecule has 0 saturated carbocycles. The number of hydrogen-bond acceptors (Lipinski definition) is 1. The summed E-state index contributed by atoms with van der Waals surface area (Å²) in [6.45, 7) is 9.84. The lowest BCUT2D eigenvalue weighted by molar-refractivity contribution is 0.103. The minimum atomic E-state index is 0.0920. The third-order valence-electron chi connectivity index (χ3n) is 3.62. The maximum absolute atomic E-state index is 12.6. The van der Waals surface area contributed by atoms with E-state index in [1.54, 1.807) is 0 Å². The standard InChI is InChI=1S/C18H18O/c1-5-15-11-12(2)17(14(4)13(15)3)18(19)16-9-7-6-8-10-16/h5-11H,1H2,2-4H3. The van der Waals surface area contributed by atoms with E-state index < -0.39 is 0 Å². The number of carbonyl (C=O) groups excluding carboxylic acids is 1. The molecule has 0 atom stereocenters. The smallest absolute Gasteiger partial charge is 0.193 e. The van der Waals surface area contributed by atoms with Crippen molar-refractivity contribution in [2.24, 2.45) is 0 Å². The van der Waals surface area contributed by atoms with E-state index in [2.05, 4.69) is 6.58 Å². The maximum atomic E-state index is 12.6. The molecule has 0 heterocycles. The molecule has 0 unspecified atom stereocenters. The first kappa shape index (κ1) is 13.3. The Balaban J connectivity index is 2.61. The van der Waals surface area contributed by atoms with E-state index in [0.29, 0.717) is 0 Å². The summed E-state index contributed by atoms with van der Waals surface area (Å²) in [5.74, 6) is 0.0920. The second-order valence-electron chi connectivity index (χ2n) is 4.81. The zero-order valence-corrected chi connectivity index (χ0v) is 11.7. The summed E-state index contributed by atoms with van der Waals surface area (Å²) in [7, 11) is 0. The van der Waals surface area contributed by atoms with Crippen LogP contribution in [0, 0.1) is 20.8 Å². The Labute approximate surface area is 114 Å². The van der Waals surface area contributed by atoms with Gasteiger partial charge in [-0.25, -0.2) is 0 Å². The molecule has 2 aromatic carbocycles. The van der Waals surface area contributed by atoms with Crippen LogP contribution in [0.5, 0.6) is 0 Å². The topological polar surface area (TPSA) is 17.1 Å². The van der Waals surface area contributed by atoms with Crippen LogP contribution in [0.15, 0.2) is 43.0 Å². The van der Waals surface area contributed by atoms with Gasteiger partial charge in [0.25, 0.3) is 0 Å². The van der Waals surface area contributed by atoms with Crippen molar-refractivity contribution >= 4 is 11.9 Å². The van der Waals surface area contributed by atoms with Crippen LogP contribution in [0.4, 0.5) is 0 Å². The van der Waals surface area contributed by atoms with Crippen molar-refractivity contribution in [2.45, 2.75) is 20.8 Å². The number of ketones is 1. The van der Waals surface area contributed by atoms with Crippen LogP contribution < -0.4 is 0 Å². The third kappa shape index (κ3) is 2.37. The van der Waals surface area contributed by atoms with E-state index in [-0.39, 0.29) is 5.78 Å². The molecule has 0 aromatic heterocycles. The van der Waals surface area contributed by atoms with E-state index in [0.717, 1.165) is 33.4 Å². The van der Waals surface area contributed by atoms with Crippen LogP contribution in [0.1, 0.15) is 38.2 Å². The first-order valence-corrected chi connectivity index (χ1v) is 6.39. The van der Waals surface area contributed by atoms with Gasteiger partial charge in [0.2, 0.25) is 0 Å². The van der Waals surface area contributed by atoms with Gasteiger partial charge in [-0.3, -0.25) is 4.79 Å². The molecule has 0 spiro atoms. The van der Waals surface area contributed by atoms with E-state index in [1.807, 2.05) is 63.2 Å². The molecule has 96 valence electrons. The van der Waals surface area contributed by atoms with Crippen LogP contribution in [-0.2, 0) is 0 Å². The Bertz CT molecular complexity index is 636. The predicted molar refractivity (Wildman–Crippen MR) is 80.6 cm³/mol. The van der Waals surface area contributed by atoms with E-state index in [4.69, 9.17) is 0 Å². The predicted octanol–water partition coefficient (Wildman–Crippen LogP) is 4.49. The van der Waals surface area contributed by atoms with Crippen LogP contribution in [-0.4, -0.2) is 5.78 Å². The molecule has 0 fully saturated rings. The molecule has 1 nitrogen and oxygen atoms in total. The molecule has 0 bridgehead atoms. The van der Waals surface area contributed by atoms with Gasteiger partial charge in [-0.05, 0) is 43.0 Å². The molecule has 0 amide bonds. The van der Waals surface area contributed by atoms with Gasteiger partial charge in [0.15, 0.2) is 5.78 Å². The van der Waals surface area contributed by atoms with E-state index >= 15 is 0 Å². The number of aryl methyl sites for hydroxylation is 1. The Morgan fingerprint density at radius 3 is 2.26 bits per heavy atom. The zero-order valence-electron chi connectivity index (χ0n) is 11.7. The summed E-state index contributed by atoms with van der Waals surface area (Å²) < 4.78 is 0. The van der Waals surface area contributed by atoms with Gasteiger partial charge in [-0.1, -0.05) is 49.1 Å². The fraction of sp³-hybridized carbons (Fsp3) is 0.167. The molecular weight excluding hydrogens is 232 g/mol. The Hall–Kier alpha value is -2.15. The molecule has 0 aliphatic carbocycles. The summed E-state index contributed by atoms with van der Waals surface area (Å²) in [5, 5.41) is 0. The van der Waals surface area contributed by atoms with Crippen molar-refractivity contribution in [1.82, 2.24) is 0 Å². The number of hydrogen-bond donors (Lipinski definition) is 0. The Kier molecular flexibility index (Phi) is 3.66. The quantitative estimate of drug-likeness (QED) is 0.734. The van der Waals surface area contributed by atoms with Gasteiger partial charge in [0, 0.05) is 11.1 Å². The van der Waals surface area contributed by atoms with Gasteiger partial charge in [-0.2, -0.15) is 0 Å². The number of carbonyl (C=O) groups is 1. The molecule has 0 aliphatic rings. The number of rotatable bonds is 3. The normalized spacial score (nSPS) is 10.3. The number of benzene rings is 2. The first-order chi connectivity index (χ1) is 9.06. The highest BCUT2D eigenvalue weighted by molar-refractivity contribution is 6.11. The molecule has 2 rings (SSSR count). The first-order valence-electron chi connectivity index (χ1n) is 6.39. The largest absolute Gasteiger partial charge is 0.289 e. The lowest BCUT2D eigenvalue weighted by Crippen LogP contribution is -2.08.